The molecule has 0 amide bonds. The lowest BCUT2D eigenvalue weighted by Crippen LogP contribution is -1.92. The van der Waals surface area contributed by atoms with Gasteiger partial charge in [-0.15, -0.1) is 0 Å². The van der Waals surface area contributed by atoms with E-state index in [-0.39, 0.29) is 11.1 Å². The Hall–Kier alpha value is -1.50. The first-order valence-electron chi connectivity index (χ1n) is 3.13. The van der Waals surface area contributed by atoms with Gasteiger partial charge in [-0.3, -0.25) is 0 Å². The van der Waals surface area contributed by atoms with Crippen molar-refractivity contribution in [2.75, 3.05) is 0 Å². The van der Waals surface area contributed by atoms with Crippen LogP contribution in [-0.2, 0) is 6.67 Å². The lowest BCUT2D eigenvalue weighted by atomic mass is 10.1. The molecule has 12 heavy (non-hydrogen) atoms. The van der Waals surface area contributed by atoms with Crippen LogP contribution in [0.25, 0.3) is 0 Å². The molecule has 0 atom stereocenters. The lowest BCUT2D eigenvalue weighted by molar-refractivity contribution is 0.471. The number of hydrogen-bond acceptors (Lipinski definition) is 1. The zero-order valence-corrected chi connectivity index (χ0v) is 5.94. The number of benzene rings is 1. The number of alkyl halides is 1. The van der Waals surface area contributed by atoms with E-state index in [2.05, 4.69) is 0 Å². The van der Waals surface area contributed by atoms with Gasteiger partial charge in [0.25, 0.3) is 0 Å². The molecule has 1 aromatic carbocycles. The van der Waals surface area contributed by atoms with Crippen molar-refractivity contribution in [3.63, 3.8) is 0 Å². The van der Waals surface area contributed by atoms with E-state index >= 15 is 0 Å². The third-order valence-corrected chi connectivity index (χ3v) is 1.41. The van der Waals surface area contributed by atoms with Crippen LogP contribution in [0.1, 0.15) is 11.1 Å². The van der Waals surface area contributed by atoms with Crippen molar-refractivity contribution in [2.24, 2.45) is 0 Å². The van der Waals surface area contributed by atoms with Crippen LogP contribution in [0, 0.1) is 23.0 Å². The molecular formula is C8H4F3N. The molecule has 0 N–H and O–H groups in total. The van der Waals surface area contributed by atoms with Crippen LogP contribution in [0.5, 0.6) is 0 Å². The molecule has 0 aliphatic rings. The van der Waals surface area contributed by atoms with E-state index < -0.39 is 18.3 Å². The Morgan fingerprint density at radius 2 is 1.83 bits per heavy atom. The van der Waals surface area contributed by atoms with Crippen LogP contribution in [0.4, 0.5) is 13.2 Å². The fourth-order valence-corrected chi connectivity index (χ4v) is 0.803. The van der Waals surface area contributed by atoms with Gasteiger partial charge in [-0.25, -0.2) is 13.2 Å². The third kappa shape index (κ3) is 1.40. The van der Waals surface area contributed by atoms with Crippen molar-refractivity contribution in [1.29, 1.82) is 5.26 Å². The normalized spacial score (nSPS) is 9.50. The van der Waals surface area contributed by atoms with Crippen molar-refractivity contribution in [1.82, 2.24) is 0 Å². The monoisotopic (exact) mass is 171 g/mol. The van der Waals surface area contributed by atoms with Gasteiger partial charge in [0.05, 0.1) is 11.6 Å². The Kier molecular flexibility index (Phi) is 2.34. The Morgan fingerprint density at radius 3 is 2.33 bits per heavy atom. The van der Waals surface area contributed by atoms with Crippen molar-refractivity contribution in [3.05, 3.63) is 34.9 Å². The molecule has 0 bridgehead atoms. The first-order valence-corrected chi connectivity index (χ1v) is 3.13. The van der Waals surface area contributed by atoms with Gasteiger partial charge in [-0.05, 0) is 12.1 Å². The fraction of sp³-hybridized carbons (Fsp3) is 0.125. The summed E-state index contributed by atoms with van der Waals surface area (Å²) in [5, 5.41) is 8.36. The molecule has 0 radical (unpaired) electrons. The van der Waals surface area contributed by atoms with Gasteiger partial charge < -0.3 is 0 Å². The molecule has 0 saturated heterocycles. The average Bonchev–Trinajstić information content (AvgIpc) is 2.09. The van der Waals surface area contributed by atoms with E-state index in [0.717, 1.165) is 0 Å². The van der Waals surface area contributed by atoms with Gasteiger partial charge in [-0.1, -0.05) is 0 Å². The molecule has 62 valence electrons. The van der Waals surface area contributed by atoms with Gasteiger partial charge in [-0.2, -0.15) is 5.26 Å². The Morgan fingerprint density at radius 1 is 1.25 bits per heavy atom. The largest absolute Gasteiger partial charge is 0.246 e. The van der Waals surface area contributed by atoms with E-state index in [9.17, 15) is 13.2 Å². The Balaban J connectivity index is 3.31. The number of halogens is 3. The minimum absolute atomic E-state index is 0.128. The lowest BCUT2D eigenvalue weighted by Gasteiger charge is -1.98. The highest BCUT2D eigenvalue weighted by Crippen LogP contribution is 2.14. The molecule has 0 saturated carbocycles. The maximum atomic E-state index is 12.4. The molecule has 0 aliphatic heterocycles. The number of nitriles is 1. The highest BCUT2D eigenvalue weighted by molar-refractivity contribution is 5.37. The van der Waals surface area contributed by atoms with Gasteiger partial charge >= 0.3 is 0 Å². The zero-order valence-electron chi connectivity index (χ0n) is 5.94. The van der Waals surface area contributed by atoms with Gasteiger partial charge in [0.15, 0.2) is 11.6 Å². The van der Waals surface area contributed by atoms with Crippen molar-refractivity contribution in [2.45, 2.75) is 6.67 Å². The highest BCUT2D eigenvalue weighted by atomic mass is 19.2. The minimum Gasteiger partial charge on any atom is -0.246 e. The van der Waals surface area contributed by atoms with Crippen LogP contribution >= 0.6 is 0 Å². The van der Waals surface area contributed by atoms with Crippen LogP contribution < -0.4 is 0 Å². The summed E-state index contributed by atoms with van der Waals surface area (Å²) in [6, 6.07) is 2.94. The Bertz CT molecular complexity index is 341. The highest BCUT2D eigenvalue weighted by Gasteiger charge is 2.08. The predicted octanol–water partition coefficient (Wildman–Crippen LogP) is 2.31. The van der Waals surface area contributed by atoms with Crippen molar-refractivity contribution < 1.29 is 13.2 Å². The molecule has 0 unspecified atom stereocenters. The second-order valence-corrected chi connectivity index (χ2v) is 2.17. The van der Waals surface area contributed by atoms with Gasteiger partial charge in [0.2, 0.25) is 0 Å². The third-order valence-electron chi connectivity index (χ3n) is 1.41. The minimum atomic E-state index is -1.14. The molecule has 1 rings (SSSR count). The summed E-state index contributed by atoms with van der Waals surface area (Å²) < 4.78 is 36.9. The Labute approximate surface area is 67.1 Å². The van der Waals surface area contributed by atoms with Crippen LogP contribution in [0.3, 0.4) is 0 Å². The molecule has 0 spiro atoms. The SMILES string of the molecule is N#Cc1cc(F)c(F)cc1CF. The number of hydrogen-bond donors (Lipinski definition) is 0. The van der Waals surface area contributed by atoms with E-state index in [1.54, 1.807) is 6.07 Å². The van der Waals surface area contributed by atoms with Crippen LogP contribution in [-0.4, -0.2) is 0 Å². The summed E-state index contributed by atoms with van der Waals surface area (Å²) in [7, 11) is 0. The van der Waals surface area contributed by atoms with Crippen molar-refractivity contribution >= 4 is 0 Å². The summed E-state index contributed by atoms with van der Waals surface area (Å²) in [5.41, 5.74) is -0.298. The molecule has 0 fully saturated rings. The molecule has 1 nitrogen and oxygen atoms in total. The van der Waals surface area contributed by atoms with Crippen LogP contribution in [0.2, 0.25) is 0 Å². The zero-order chi connectivity index (χ0) is 9.14. The second-order valence-electron chi connectivity index (χ2n) is 2.17. The second kappa shape index (κ2) is 3.26. The van der Waals surface area contributed by atoms with E-state index in [4.69, 9.17) is 5.26 Å². The smallest absolute Gasteiger partial charge is 0.160 e. The first-order chi connectivity index (χ1) is 5.69. The van der Waals surface area contributed by atoms with E-state index in [1.165, 1.54) is 0 Å². The van der Waals surface area contributed by atoms with Gasteiger partial charge in [0.1, 0.15) is 6.67 Å². The summed E-state index contributed by atoms with van der Waals surface area (Å²) in [5.74, 6) is -2.27. The molecular weight excluding hydrogens is 167 g/mol. The van der Waals surface area contributed by atoms with Crippen molar-refractivity contribution in [3.8, 4) is 6.07 Å². The van der Waals surface area contributed by atoms with Crippen LogP contribution in [0.15, 0.2) is 12.1 Å². The summed E-state index contributed by atoms with van der Waals surface area (Å²) in [4.78, 5) is 0. The average molecular weight is 171 g/mol. The van der Waals surface area contributed by atoms with E-state index in [1.807, 2.05) is 0 Å². The van der Waals surface area contributed by atoms with Gasteiger partial charge in [0, 0.05) is 5.56 Å². The predicted molar refractivity (Wildman–Crippen MR) is 35.9 cm³/mol. The quantitative estimate of drug-likeness (QED) is 0.636. The molecule has 0 aliphatic carbocycles. The number of nitrogens with zero attached hydrogens (tertiary/aromatic N) is 1. The fourth-order valence-electron chi connectivity index (χ4n) is 0.803. The standard InChI is InChI=1S/C8H4F3N/c9-3-5-1-7(10)8(11)2-6(5)4-12/h1-2H,3H2. The number of rotatable bonds is 1. The first kappa shape index (κ1) is 8.60. The summed E-state index contributed by atoms with van der Waals surface area (Å²) in [6.07, 6.45) is 0. The summed E-state index contributed by atoms with van der Waals surface area (Å²) in [6.45, 7) is -0.972. The molecule has 4 heteroatoms. The maximum absolute atomic E-state index is 12.4. The molecule has 1 aromatic rings. The maximum Gasteiger partial charge on any atom is 0.160 e. The summed E-state index contributed by atoms with van der Waals surface area (Å²) >= 11 is 0. The topological polar surface area (TPSA) is 23.8 Å². The van der Waals surface area contributed by atoms with E-state index in [0.29, 0.717) is 12.1 Å². The molecule has 0 aromatic heterocycles. The molecule has 0 heterocycles.